The van der Waals surface area contributed by atoms with Crippen molar-refractivity contribution in [2.75, 3.05) is 19.7 Å². The van der Waals surface area contributed by atoms with Gasteiger partial charge in [0.05, 0.1) is 6.61 Å². The third-order valence-corrected chi connectivity index (χ3v) is 6.09. The third kappa shape index (κ3) is 4.72. The topological polar surface area (TPSA) is 48.0 Å². The Balaban J connectivity index is 1.25. The van der Waals surface area contributed by atoms with Crippen LogP contribution in [0.3, 0.4) is 0 Å². The average molecular weight is 410 g/mol. The molecule has 2 aromatic rings. The maximum Gasteiger partial charge on any atom is 0.267 e. The summed E-state index contributed by atoms with van der Waals surface area (Å²) >= 11 is 0. The van der Waals surface area contributed by atoms with Crippen LogP contribution >= 0.6 is 0 Å². The molecule has 30 heavy (non-hydrogen) atoms. The molecule has 1 saturated heterocycles. The smallest absolute Gasteiger partial charge is 0.267 e. The molecule has 5 nitrogen and oxygen atoms in total. The molecular formula is C25H31NO4. The molecule has 2 aliphatic rings. The van der Waals surface area contributed by atoms with E-state index >= 15 is 0 Å². The molecule has 2 atom stereocenters. The van der Waals surface area contributed by atoms with Gasteiger partial charge >= 0.3 is 0 Å². The van der Waals surface area contributed by atoms with Crippen molar-refractivity contribution in [1.29, 1.82) is 0 Å². The number of fused-ring (bicyclic) bond motifs is 1. The summed E-state index contributed by atoms with van der Waals surface area (Å²) in [7, 11) is 0. The van der Waals surface area contributed by atoms with Crippen molar-refractivity contribution in [3.05, 3.63) is 54.1 Å². The van der Waals surface area contributed by atoms with Gasteiger partial charge in [-0.15, -0.1) is 0 Å². The van der Waals surface area contributed by atoms with E-state index in [1.807, 2.05) is 55.1 Å². The normalized spacial score (nSPS) is 21.3. The van der Waals surface area contributed by atoms with Crippen LogP contribution in [0.15, 0.2) is 48.5 Å². The number of rotatable bonds is 6. The summed E-state index contributed by atoms with van der Waals surface area (Å²) in [6.45, 7) is 6.18. The van der Waals surface area contributed by atoms with Crippen LogP contribution in [0.2, 0.25) is 0 Å². The Morgan fingerprint density at radius 1 is 1.03 bits per heavy atom. The minimum Gasteiger partial charge on any atom is -0.494 e. The van der Waals surface area contributed by atoms with Gasteiger partial charge in [-0.1, -0.05) is 24.3 Å². The van der Waals surface area contributed by atoms with Gasteiger partial charge in [0.15, 0.2) is 11.5 Å². The summed E-state index contributed by atoms with van der Waals surface area (Å²) in [4.78, 5) is 15.0. The number of ether oxygens (including phenoxy) is 3. The third-order valence-electron chi connectivity index (χ3n) is 6.09. The van der Waals surface area contributed by atoms with Crippen molar-refractivity contribution in [2.45, 2.75) is 51.7 Å². The highest BCUT2D eigenvalue weighted by molar-refractivity contribution is 5.82. The molecule has 0 aliphatic carbocycles. The highest BCUT2D eigenvalue weighted by Crippen LogP contribution is 2.34. The molecule has 160 valence electrons. The molecule has 0 N–H and O–H groups in total. The summed E-state index contributed by atoms with van der Waals surface area (Å²) in [5.74, 6) is 2.99. The van der Waals surface area contributed by atoms with Crippen LogP contribution in [0.1, 0.15) is 38.7 Å². The molecule has 0 bridgehead atoms. The second kappa shape index (κ2) is 9.41. The SMILES string of the molecule is CCOc1ccc(CCC2CCN(C(=O)C3Oc4ccccc4OC3C)CC2)cc1. The molecule has 0 aromatic heterocycles. The predicted octanol–water partition coefficient (Wildman–Crippen LogP) is 4.49. The number of amides is 1. The van der Waals surface area contributed by atoms with Gasteiger partial charge in [-0.05, 0) is 75.3 Å². The number of benzene rings is 2. The van der Waals surface area contributed by atoms with Crippen molar-refractivity contribution in [2.24, 2.45) is 5.92 Å². The molecule has 4 rings (SSSR count). The van der Waals surface area contributed by atoms with Gasteiger partial charge in [0.25, 0.3) is 5.91 Å². The molecule has 0 radical (unpaired) electrons. The van der Waals surface area contributed by atoms with Crippen LogP contribution in [-0.4, -0.2) is 42.7 Å². The maximum absolute atomic E-state index is 13.1. The standard InChI is InChI=1S/C25H31NO4/c1-3-28-21-12-10-19(11-13-21)8-9-20-14-16-26(17-15-20)25(27)24-18(2)29-22-6-4-5-7-23(22)30-24/h4-7,10-13,18,20,24H,3,8-9,14-17H2,1-2H3. The quantitative estimate of drug-likeness (QED) is 0.706. The average Bonchev–Trinajstić information content (AvgIpc) is 2.78. The molecule has 5 heteroatoms. The minimum absolute atomic E-state index is 0.0435. The van der Waals surface area contributed by atoms with Crippen molar-refractivity contribution >= 4 is 5.91 Å². The van der Waals surface area contributed by atoms with Crippen molar-refractivity contribution in [1.82, 2.24) is 4.90 Å². The maximum atomic E-state index is 13.1. The zero-order chi connectivity index (χ0) is 20.9. The van der Waals surface area contributed by atoms with Crippen molar-refractivity contribution in [3.63, 3.8) is 0 Å². The van der Waals surface area contributed by atoms with Gasteiger partial charge in [-0.2, -0.15) is 0 Å². The number of carbonyl (C=O) groups excluding carboxylic acids is 1. The monoisotopic (exact) mass is 409 g/mol. The van der Waals surface area contributed by atoms with E-state index in [-0.39, 0.29) is 12.0 Å². The number of carbonyl (C=O) groups is 1. The fourth-order valence-electron chi connectivity index (χ4n) is 4.30. The second-order valence-electron chi connectivity index (χ2n) is 8.19. The van der Waals surface area contributed by atoms with E-state index in [2.05, 4.69) is 12.1 Å². The van der Waals surface area contributed by atoms with Crippen LogP contribution in [0, 0.1) is 5.92 Å². The molecule has 1 fully saturated rings. The number of hydrogen-bond donors (Lipinski definition) is 0. The summed E-state index contributed by atoms with van der Waals surface area (Å²) in [6, 6.07) is 16.0. The highest BCUT2D eigenvalue weighted by atomic mass is 16.6. The first kappa shape index (κ1) is 20.6. The molecular weight excluding hydrogens is 378 g/mol. The fraction of sp³-hybridized carbons (Fsp3) is 0.480. The lowest BCUT2D eigenvalue weighted by molar-refractivity contribution is -0.145. The number of nitrogens with zero attached hydrogens (tertiary/aromatic N) is 1. The molecule has 2 aliphatic heterocycles. The fourth-order valence-corrected chi connectivity index (χ4v) is 4.30. The zero-order valence-corrected chi connectivity index (χ0v) is 17.9. The van der Waals surface area contributed by atoms with Gasteiger partial charge in [0, 0.05) is 13.1 Å². The largest absolute Gasteiger partial charge is 0.494 e. The highest BCUT2D eigenvalue weighted by Gasteiger charge is 2.37. The zero-order valence-electron chi connectivity index (χ0n) is 17.9. The molecule has 0 spiro atoms. The summed E-state index contributed by atoms with van der Waals surface area (Å²) in [6.07, 6.45) is 3.45. The summed E-state index contributed by atoms with van der Waals surface area (Å²) in [5, 5.41) is 0. The van der Waals surface area contributed by atoms with E-state index < -0.39 is 6.10 Å². The number of likely N-dealkylation sites (tertiary alicyclic amines) is 1. The number of aryl methyl sites for hydroxylation is 1. The first-order valence-corrected chi connectivity index (χ1v) is 11.1. The Morgan fingerprint density at radius 2 is 1.70 bits per heavy atom. The Morgan fingerprint density at radius 3 is 2.37 bits per heavy atom. The number of piperidine rings is 1. The first-order valence-electron chi connectivity index (χ1n) is 11.1. The van der Waals surface area contributed by atoms with Crippen LogP contribution in [0.4, 0.5) is 0 Å². The van der Waals surface area contributed by atoms with E-state index in [4.69, 9.17) is 14.2 Å². The summed E-state index contributed by atoms with van der Waals surface area (Å²) in [5.41, 5.74) is 1.34. The molecule has 1 amide bonds. The van der Waals surface area contributed by atoms with E-state index in [1.165, 1.54) is 5.56 Å². The Labute approximate surface area is 178 Å². The summed E-state index contributed by atoms with van der Waals surface area (Å²) < 4.78 is 17.4. The lowest BCUT2D eigenvalue weighted by atomic mass is 9.90. The van der Waals surface area contributed by atoms with Gasteiger partial charge in [0.2, 0.25) is 6.10 Å². The molecule has 2 aromatic carbocycles. The van der Waals surface area contributed by atoms with Crippen molar-refractivity contribution < 1.29 is 19.0 Å². The van der Waals surface area contributed by atoms with Gasteiger partial charge in [0.1, 0.15) is 11.9 Å². The Hall–Kier alpha value is -2.69. The first-order chi connectivity index (χ1) is 14.6. The van der Waals surface area contributed by atoms with Gasteiger partial charge in [-0.25, -0.2) is 0 Å². The lowest BCUT2D eigenvalue weighted by Crippen LogP contribution is -2.52. The van der Waals surface area contributed by atoms with Crippen LogP contribution in [0.25, 0.3) is 0 Å². The molecule has 2 unspecified atom stereocenters. The van der Waals surface area contributed by atoms with E-state index in [0.29, 0.717) is 24.0 Å². The number of para-hydroxylation sites is 2. The number of hydrogen-bond acceptors (Lipinski definition) is 4. The van der Waals surface area contributed by atoms with Gasteiger partial charge in [-0.3, -0.25) is 4.79 Å². The van der Waals surface area contributed by atoms with E-state index in [1.54, 1.807) is 0 Å². The lowest BCUT2D eigenvalue weighted by Gasteiger charge is -2.37. The molecule has 2 heterocycles. The molecule has 0 saturated carbocycles. The predicted molar refractivity (Wildman–Crippen MR) is 116 cm³/mol. The van der Waals surface area contributed by atoms with E-state index in [0.717, 1.165) is 44.5 Å². The van der Waals surface area contributed by atoms with Crippen LogP contribution in [0.5, 0.6) is 17.2 Å². The Kier molecular flexibility index (Phi) is 6.46. The van der Waals surface area contributed by atoms with E-state index in [9.17, 15) is 4.79 Å². The van der Waals surface area contributed by atoms with Crippen LogP contribution < -0.4 is 14.2 Å². The van der Waals surface area contributed by atoms with Gasteiger partial charge < -0.3 is 19.1 Å². The minimum atomic E-state index is -0.569. The Bertz CT molecular complexity index is 842. The van der Waals surface area contributed by atoms with Crippen molar-refractivity contribution in [3.8, 4) is 17.2 Å². The van der Waals surface area contributed by atoms with Crippen LogP contribution in [-0.2, 0) is 11.2 Å². The second-order valence-corrected chi connectivity index (χ2v) is 8.19.